The second kappa shape index (κ2) is 5.74. The van der Waals surface area contributed by atoms with E-state index in [9.17, 15) is 4.79 Å². The van der Waals surface area contributed by atoms with Crippen LogP contribution in [0.1, 0.15) is 5.56 Å². The second-order valence-electron chi connectivity index (χ2n) is 4.80. The van der Waals surface area contributed by atoms with E-state index in [2.05, 4.69) is 15.9 Å². The minimum atomic E-state index is 0.0182. The van der Waals surface area contributed by atoms with Crippen LogP contribution in [-0.4, -0.2) is 11.7 Å². The van der Waals surface area contributed by atoms with Gasteiger partial charge in [0.25, 0.3) is 5.56 Å². The first-order chi connectivity index (χ1) is 10.2. The molecule has 1 heterocycles. The van der Waals surface area contributed by atoms with Gasteiger partial charge in [-0.05, 0) is 35.9 Å². The first-order valence-electron chi connectivity index (χ1n) is 6.59. The van der Waals surface area contributed by atoms with Gasteiger partial charge in [-0.15, -0.1) is 0 Å². The van der Waals surface area contributed by atoms with Gasteiger partial charge in [-0.25, -0.2) is 0 Å². The van der Waals surface area contributed by atoms with Gasteiger partial charge in [0, 0.05) is 21.4 Å². The number of nitrogens with zero attached hydrogens (tertiary/aromatic N) is 1. The van der Waals surface area contributed by atoms with Crippen LogP contribution in [0.15, 0.2) is 64.0 Å². The topological polar surface area (TPSA) is 31.2 Å². The molecule has 0 fully saturated rings. The molecule has 0 unspecified atom stereocenters. The zero-order chi connectivity index (χ0) is 14.8. The van der Waals surface area contributed by atoms with Gasteiger partial charge in [-0.2, -0.15) is 0 Å². The predicted molar refractivity (Wildman–Crippen MR) is 88.0 cm³/mol. The number of aromatic nitrogens is 1. The summed E-state index contributed by atoms with van der Waals surface area (Å²) in [6.45, 7) is 0.547. The van der Waals surface area contributed by atoms with Crippen LogP contribution in [0.3, 0.4) is 0 Å². The number of fused-ring (bicyclic) bond motifs is 1. The molecule has 3 rings (SSSR count). The van der Waals surface area contributed by atoms with Gasteiger partial charge >= 0.3 is 0 Å². The van der Waals surface area contributed by atoms with Gasteiger partial charge in [0.05, 0.1) is 13.7 Å². The summed E-state index contributed by atoms with van der Waals surface area (Å²) < 4.78 is 7.80. The number of hydrogen-bond acceptors (Lipinski definition) is 2. The van der Waals surface area contributed by atoms with Gasteiger partial charge in [0.15, 0.2) is 0 Å². The molecule has 1 aromatic heterocycles. The molecule has 0 spiro atoms. The monoisotopic (exact) mass is 343 g/mol. The number of pyridine rings is 1. The Morgan fingerprint density at radius 3 is 2.52 bits per heavy atom. The van der Waals surface area contributed by atoms with Crippen LogP contribution in [0.25, 0.3) is 10.8 Å². The lowest BCUT2D eigenvalue weighted by atomic mass is 10.1. The Hall–Kier alpha value is -2.07. The molecule has 2 aromatic carbocycles. The lowest BCUT2D eigenvalue weighted by Gasteiger charge is -2.09. The first kappa shape index (κ1) is 13.9. The molecule has 3 aromatic rings. The summed E-state index contributed by atoms with van der Waals surface area (Å²) in [5.74, 6) is 0.813. The molecular weight excluding hydrogens is 330 g/mol. The second-order valence-corrected chi connectivity index (χ2v) is 5.65. The minimum absolute atomic E-state index is 0.0182. The van der Waals surface area contributed by atoms with Crippen LogP contribution in [0.5, 0.6) is 5.75 Å². The van der Waals surface area contributed by atoms with Gasteiger partial charge < -0.3 is 9.30 Å². The van der Waals surface area contributed by atoms with E-state index in [4.69, 9.17) is 4.74 Å². The zero-order valence-electron chi connectivity index (χ0n) is 11.5. The maximum atomic E-state index is 12.5. The van der Waals surface area contributed by atoms with E-state index in [0.29, 0.717) is 6.54 Å². The summed E-state index contributed by atoms with van der Waals surface area (Å²) in [6, 6.07) is 15.4. The fourth-order valence-corrected chi connectivity index (χ4v) is 2.83. The molecule has 0 N–H and O–H groups in total. The predicted octanol–water partition coefficient (Wildman–Crippen LogP) is 3.82. The Morgan fingerprint density at radius 1 is 1.05 bits per heavy atom. The van der Waals surface area contributed by atoms with Crippen molar-refractivity contribution in [2.45, 2.75) is 6.54 Å². The Labute approximate surface area is 130 Å². The molecule has 4 heteroatoms. The standard InChI is InChI=1S/C17H14BrNO2/c1-21-13-7-5-12(6-8-13)11-19-10-9-14-15(17(19)20)3-2-4-16(14)18/h2-10H,11H2,1H3. The Bertz CT molecular complexity index is 838. The highest BCUT2D eigenvalue weighted by atomic mass is 79.9. The molecule has 0 aliphatic rings. The maximum absolute atomic E-state index is 12.5. The minimum Gasteiger partial charge on any atom is -0.497 e. The average Bonchev–Trinajstić information content (AvgIpc) is 2.51. The summed E-state index contributed by atoms with van der Waals surface area (Å²) in [6.07, 6.45) is 1.83. The molecule has 21 heavy (non-hydrogen) atoms. The lowest BCUT2D eigenvalue weighted by molar-refractivity contribution is 0.414. The summed E-state index contributed by atoms with van der Waals surface area (Å²) in [4.78, 5) is 12.5. The van der Waals surface area contributed by atoms with Crippen molar-refractivity contribution in [3.05, 3.63) is 75.1 Å². The zero-order valence-corrected chi connectivity index (χ0v) is 13.1. The Morgan fingerprint density at radius 2 is 1.81 bits per heavy atom. The van der Waals surface area contributed by atoms with E-state index in [-0.39, 0.29) is 5.56 Å². The van der Waals surface area contributed by atoms with Crippen molar-refractivity contribution < 1.29 is 4.74 Å². The molecule has 0 saturated heterocycles. The van der Waals surface area contributed by atoms with Crippen molar-refractivity contribution in [2.24, 2.45) is 0 Å². The smallest absolute Gasteiger partial charge is 0.258 e. The van der Waals surface area contributed by atoms with Crippen LogP contribution in [0, 0.1) is 0 Å². The Balaban J connectivity index is 2.01. The van der Waals surface area contributed by atoms with Crippen LogP contribution in [0.4, 0.5) is 0 Å². The SMILES string of the molecule is COc1ccc(Cn2ccc3c(Br)cccc3c2=O)cc1. The third-order valence-corrected chi connectivity index (χ3v) is 4.17. The molecule has 0 saturated carbocycles. The normalized spacial score (nSPS) is 10.8. The van der Waals surface area contributed by atoms with E-state index < -0.39 is 0 Å². The van der Waals surface area contributed by atoms with Crippen LogP contribution in [0.2, 0.25) is 0 Å². The molecule has 0 radical (unpaired) electrons. The fraction of sp³-hybridized carbons (Fsp3) is 0.118. The van der Waals surface area contributed by atoms with Crippen molar-refractivity contribution in [3.63, 3.8) is 0 Å². The summed E-state index contributed by atoms with van der Waals surface area (Å²) in [5.41, 5.74) is 1.08. The van der Waals surface area contributed by atoms with E-state index in [1.54, 1.807) is 11.7 Å². The molecule has 3 nitrogen and oxygen atoms in total. The number of hydrogen-bond donors (Lipinski definition) is 0. The van der Waals surface area contributed by atoms with E-state index in [1.165, 1.54) is 0 Å². The van der Waals surface area contributed by atoms with Crippen molar-refractivity contribution in [1.29, 1.82) is 0 Å². The van der Waals surface area contributed by atoms with Crippen molar-refractivity contribution in [3.8, 4) is 5.75 Å². The summed E-state index contributed by atoms with van der Waals surface area (Å²) in [5, 5.41) is 1.66. The molecule has 0 bridgehead atoms. The lowest BCUT2D eigenvalue weighted by Crippen LogP contribution is -2.20. The van der Waals surface area contributed by atoms with Crippen molar-refractivity contribution in [1.82, 2.24) is 4.57 Å². The van der Waals surface area contributed by atoms with E-state index >= 15 is 0 Å². The van der Waals surface area contributed by atoms with Crippen molar-refractivity contribution in [2.75, 3.05) is 7.11 Å². The highest BCUT2D eigenvalue weighted by Crippen LogP contribution is 2.21. The largest absolute Gasteiger partial charge is 0.497 e. The highest BCUT2D eigenvalue weighted by molar-refractivity contribution is 9.10. The van der Waals surface area contributed by atoms with Crippen LogP contribution >= 0.6 is 15.9 Å². The summed E-state index contributed by atoms with van der Waals surface area (Å²) in [7, 11) is 1.64. The van der Waals surface area contributed by atoms with Crippen LogP contribution < -0.4 is 10.3 Å². The molecule has 0 aliphatic carbocycles. The van der Waals surface area contributed by atoms with Crippen molar-refractivity contribution >= 4 is 26.7 Å². The fourth-order valence-electron chi connectivity index (χ4n) is 2.33. The highest BCUT2D eigenvalue weighted by Gasteiger charge is 2.05. The molecule has 0 aliphatic heterocycles. The van der Waals surface area contributed by atoms with Gasteiger partial charge in [0.2, 0.25) is 0 Å². The van der Waals surface area contributed by atoms with E-state index in [1.807, 2.05) is 54.7 Å². The van der Waals surface area contributed by atoms with Crippen LogP contribution in [-0.2, 0) is 6.54 Å². The number of benzene rings is 2. The molecule has 106 valence electrons. The third-order valence-electron chi connectivity index (χ3n) is 3.48. The first-order valence-corrected chi connectivity index (χ1v) is 7.39. The Kier molecular flexibility index (Phi) is 3.80. The number of methoxy groups -OCH3 is 1. The number of halogens is 1. The third kappa shape index (κ3) is 2.72. The van der Waals surface area contributed by atoms with E-state index in [0.717, 1.165) is 26.6 Å². The van der Waals surface area contributed by atoms with Gasteiger partial charge in [-0.3, -0.25) is 4.79 Å². The molecular formula is C17H14BrNO2. The molecule has 0 atom stereocenters. The number of ether oxygens (including phenoxy) is 1. The van der Waals surface area contributed by atoms with Gasteiger partial charge in [-0.1, -0.05) is 34.1 Å². The molecule has 0 amide bonds. The summed E-state index contributed by atoms with van der Waals surface area (Å²) >= 11 is 3.48. The average molecular weight is 344 g/mol. The van der Waals surface area contributed by atoms with Gasteiger partial charge in [0.1, 0.15) is 5.75 Å². The number of rotatable bonds is 3. The maximum Gasteiger partial charge on any atom is 0.258 e. The quantitative estimate of drug-likeness (QED) is 0.723.